The first-order chi connectivity index (χ1) is 3.92. The van der Waals surface area contributed by atoms with E-state index in [1.54, 1.807) is 0 Å². The highest BCUT2D eigenvalue weighted by molar-refractivity contribution is 4.59. The zero-order valence-electron chi connectivity index (χ0n) is 7.19. The summed E-state index contributed by atoms with van der Waals surface area (Å²) in [5.74, 6) is 0. The Morgan fingerprint density at radius 1 is 1.20 bits per heavy atom. The van der Waals surface area contributed by atoms with E-state index in [-0.39, 0.29) is 7.43 Å². The van der Waals surface area contributed by atoms with Gasteiger partial charge in [-0.25, -0.2) is 0 Å². The fraction of sp³-hybridized carbons (Fsp3) is 1.00. The predicted molar refractivity (Wildman–Crippen MR) is 47.3 cm³/mol. The Morgan fingerprint density at radius 2 is 1.60 bits per heavy atom. The average Bonchev–Trinajstić information content (AvgIpc) is 1.59. The maximum atomic E-state index is 5.41. The Hall–Kier alpha value is -0.0400. The molecule has 0 radical (unpaired) electrons. The van der Waals surface area contributed by atoms with Crippen molar-refractivity contribution in [3.63, 3.8) is 0 Å². The molecule has 0 aromatic heterocycles. The predicted octanol–water partition coefficient (Wildman–Crippen LogP) is 3.09. The van der Waals surface area contributed by atoms with Crippen LogP contribution in [0.25, 0.3) is 0 Å². The SMILES string of the molecule is C.CC(C)OCC(C)(C)C. The molecule has 0 aliphatic rings. The van der Waals surface area contributed by atoms with E-state index < -0.39 is 0 Å². The average molecular weight is 146 g/mol. The lowest BCUT2D eigenvalue weighted by Crippen LogP contribution is -2.17. The van der Waals surface area contributed by atoms with Gasteiger partial charge in [0.15, 0.2) is 0 Å². The second-order valence-corrected chi connectivity index (χ2v) is 3.92. The van der Waals surface area contributed by atoms with Crippen LogP contribution < -0.4 is 0 Å². The molecule has 0 spiro atoms. The maximum Gasteiger partial charge on any atom is 0.0519 e. The van der Waals surface area contributed by atoms with Crippen molar-refractivity contribution in [3.8, 4) is 0 Å². The molecule has 0 aromatic carbocycles. The minimum absolute atomic E-state index is 0. The Kier molecular flexibility index (Phi) is 5.96. The maximum absolute atomic E-state index is 5.41. The van der Waals surface area contributed by atoms with E-state index in [1.165, 1.54) is 0 Å². The van der Waals surface area contributed by atoms with E-state index in [9.17, 15) is 0 Å². The van der Waals surface area contributed by atoms with Crippen LogP contribution in [0.4, 0.5) is 0 Å². The van der Waals surface area contributed by atoms with Gasteiger partial charge in [-0.2, -0.15) is 0 Å². The topological polar surface area (TPSA) is 9.23 Å². The lowest BCUT2D eigenvalue weighted by atomic mass is 9.99. The van der Waals surface area contributed by atoms with Crippen LogP contribution in [0.1, 0.15) is 42.0 Å². The number of hydrogen-bond donors (Lipinski definition) is 0. The molecule has 0 fully saturated rings. The highest BCUT2D eigenvalue weighted by Gasteiger charge is 2.10. The molecule has 0 aliphatic carbocycles. The van der Waals surface area contributed by atoms with E-state index in [4.69, 9.17) is 4.74 Å². The molecule has 0 aliphatic heterocycles. The molecular weight excluding hydrogens is 124 g/mol. The first kappa shape index (κ1) is 12.6. The van der Waals surface area contributed by atoms with Crippen LogP contribution in [0.5, 0.6) is 0 Å². The van der Waals surface area contributed by atoms with Crippen LogP contribution in [0.2, 0.25) is 0 Å². The van der Waals surface area contributed by atoms with Gasteiger partial charge in [0.05, 0.1) is 12.7 Å². The van der Waals surface area contributed by atoms with Gasteiger partial charge in [-0.05, 0) is 19.3 Å². The summed E-state index contributed by atoms with van der Waals surface area (Å²) >= 11 is 0. The van der Waals surface area contributed by atoms with Crippen LogP contribution in [-0.2, 0) is 4.74 Å². The molecule has 10 heavy (non-hydrogen) atoms. The van der Waals surface area contributed by atoms with E-state index in [0.717, 1.165) is 6.61 Å². The fourth-order valence-corrected chi connectivity index (χ4v) is 0.417. The van der Waals surface area contributed by atoms with E-state index >= 15 is 0 Å². The van der Waals surface area contributed by atoms with Crippen molar-refractivity contribution >= 4 is 0 Å². The van der Waals surface area contributed by atoms with Gasteiger partial charge in [0.2, 0.25) is 0 Å². The van der Waals surface area contributed by atoms with Crippen molar-refractivity contribution < 1.29 is 4.74 Å². The Bertz CT molecular complexity index is 69.3. The Morgan fingerprint density at radius 3 is 1.70 bits per heavy atom. The first-order valence-corrected chi connectivity index (χ1v) is 3.53. The number of rotatable bonds is 2. The molecule has 0 saturated heterocycles. The second-order valence-electron chi connectivity index (χ2n) is 3.92. The van der Waals surface area contributed by atoms with Crippen molar-refractivity contribution in [2.45, 2.75) is 48.1 Å². The molecule has 0 amide bonds. The summed E-state index contributed by atoms with van der Waals surface area (Å²) in [6.07, 6.45) is 0.365. The van der Waals surface area contributed by atoms with Crippen molar-refractivity contribution in [1.82, 2.24) is 0 Å². The highest BCUT2D eigenvalue weighted by atomic mass is 16.5. The van der Waals surface area contributed by atoms with Gasteiger partial charge >= 0.3 is 0 Å². The van der Waals surface area contributed by atoms with E-state index in [1.807, 2.05) is 0 Å². The summed E-state index contributed by atoms with van der Waals surface area (Å²) in [7, 11) is 0. The van der Waals surface area contributed by atoms with E-state index in [2.05, 4.69) is 34.6 Å². The smallest absolute Gasteiger partial charge is 0.0519 e. The monoisotopic (exact) mass is 146 g/mol. The molecule has 0 heterocycles. The Labute approximate surface area is 65.8 Å². The third kappa shape index (κ3) is 10.9. The first-order valence-electron chi connectivity index (χ1n) is 3.53. The molecule has 0 aromatic rings. The summed E-state index contributed by atoms with van der Waals surface area (Å²) in [5, 5.41) is 0. The van der Waals surface area contributed by atoms with Crippen molar-refractivity contribution in [3.05, 3.63) is 0 Å². The molecule has 0 bridgehead atoms. The summed E-state index contributed by atoms with van der Waals surface area (Å²) in [5.41, 5.74) is 0.310. The highest BCUT2D eigenvalue weighted by Crippen LogP contribution is 2.13. The Balaban J connectivity index is 0. The van der Waals surface area contributed by atoms with Gasteiger partial charge in [-0.3, -0.25) is 0 Å². The van der Waals surface area contributed by atoms with Crippen LogP contribution in [-0.4, -0.2) is 12.7 Å². The van der Waals surface area contributed by atoms with Gasteiger partial charge < -0.3 is 4.74 Å². The summed E-state index contributed by atoms with van der Waals surface area (Å²) in [6, 6.07) is 0. The number of hydrogen-bond acceptors (Lipinski definition) is 1. The molecule has 1 heteroatoms. The molecular formula is C9H22O. The summed E-state index contributed by atoms with van der Waals surface area (Å²) in [6.45, 7) is 11.5. The lowest BCUT2D eigenvalue weighted by Gasteiger charge is -2.19. The molecule has 0 unspecified atom stereocenters. The third-order valence-corrected chi connectivity index (χ3v) is 0.850. The quantitative estimate of drug-likeness (QED) is 0.581. The molecule has 64 valence electrons. The number of ether oxygens (including phenoxy) is 1. The standard InChI is InChI=1S/C8H18O.CH4/c1-7(2)9-6-8(3,4)5;/h7H,6H2,1-5H3;1H4. The molecule has 0 rings (SSSR count). The third-order valence-electron chi connectivity index (χ3n) is 0.850. The van der Waals surface area contributed by atoms with Crippen LogP contribution >= 0.6 is 0 Å². The van der Waals surface area contributed by atoms with Crippen molar-refractivity contribution in [2.24, 2.45) is 5.41 Å². The zero-order chi connectivity index (χ0) is 7.49. The second kappa shape index (κ2) is 4.73. The van der Waals surface area contributed by atoms with Gasteiger partial charge in [0.25, 0.3) is 0 Å². The summed E-state index contributed by atoms with van der Waals surface area (Å²) < 4.78 is 5.41. The van der Waals surface area contributed by atoms with Crippen molar-refractivity contribution in [2.75, 3.05) is 6.61 Å². The van der Waals surface area contributed by atoms with E-state index in [0.29, 0.717) is 11.5 Å². The largest absolute Gasteiger partial charge is 0.378 e. The van der Waals surface area contributed by atoms with Crippen molar-refractivity contribution in [1.29, 1.82) is 0 Å². The zero-order valence-corrected chi connectivity index (χ0v) is 7.19. The normalized spacial score (nSPS) is 11.4. The van der Waals surface area contributed by atoms with Gasteiger partial charge in [0.1, 0.15) is 0 Å². The minimum Gasteiger partial charge on any atom is -0.378 e. The van der Waals surface area contributed by atoms with Gasteiger partial charge in [-0.15, -0.1) is 0 Å². The van der Waals surface area contributed by atoms with Gasteiger partial charge in [-0.1, -0.05) is 28.2 Å². The minimum atomic E-state index is 0. The van der Waals surface area contributed by atoms with Crippen LogP contribution in [0, 0.1) is 5.41 Å². The van der Waals surface area contributed by atoms with Crippen LogP contribution in [0.3, 0.4) is 0 Å². The molecule has 0 saturated carbocycles. The lowest BCUT2D eigenvalue weighted by molar-refractivity contribution is 0.0285. The molecule has 1 nitrogen and oxygen atoms in total. The van der Waals surface area contributed by atoms with Gasteiger partial charge in [0, 0.05) is 0 Å². The molecule has 0 atom stereocenters. The fourth-order valence-electron chi connectivity index (χ4n) is 0.417. The molecule has 0 N–H and O–H groups in total. The summed E-state index contributed by atoms with van der Waals surface area (Å²) in [4.78, 5) is 0. The van der Waals surface area contributed by atoms with Crippen LogP contribution in [0.15, 0.2) is 0 Å².